The second kappa shape index (κ2) is 6.45. The molecule has 6 heteroatoms. The summed E-state index contributed by atoms with van der Waals surface area (Å²) < 4.78 is 5.38. The third-order valence-electron chi connectivity index (χ3n) is 3.84. The average Bonchev–Trinajstić information content (AvgIpc) is 2.40. The predicted molar refractivity (Wildman–Crippen MR) is 95.3 cm³/mol. The van der Waals surface area contributed by atoms with Gasteiger partial charge in [-0.25, -0.2) is 4.79 Å². The van der Waals surface area contributed by atoms with Crippen LogP contribution in [0.15, 0.2) is 30.3 Å². The van der Waals surface area contributed by atoms with Gasteiger partial charge >= 0.3 is 6.09 Å². The molecule has 1 amide bonds. The molecular weight excluding hydrogens is 310 g/mol. The van der Waals surface area contributed by atoms with Crippen LogP contribution in [-0.4, -0.2) is 40.2 Å². The number of nitrogens with zero attached hydrogens (tertiary/aromatic N) is 1. The van der Waals surface area contributed by atoms with Crippen LogP contribution in [0, 0.1) is 0 Å². The highest BCUT2D eigenvalue weighted by Crippen LogP contribution is 2.27. The summed E-state index contributed by atoms with van der Waals surface area (Å²) in [6.45, 7) is 8.46. The number of likely N-dealkylation sites (tertiary alicyclic amines) is 1. The number of ether oxygens (including phenoxy) is 1. The normalized spacial score (nSPS) is 18.0. The molecule has 23 heavy (non-hydrogen) atoms. The lowest BCUT2D eigenvalue weighted by atomic mass is 9.88. The number of hydrogen-bond donors (Lipinski definition) is 2. The Morgan fingerprint density at radius 2 is 1.91 bits per heavy atom. The number of nitrogens with one attached hydrogen (secondary N) is 1. The van der Waals surface area contributed by atoms with Gasteiger partial charge in [0.1, 0.15) is 11.1 Å². The number of nitrogens with two attached hydrogens (primary N) is 1. The van der Waals surface area contributed by atoms with Crippen molar-refractivity contribution in [2.75, 3.05) is 13.1 Å². The monoisotopic (exact) mass is 335 g/mol. The van der Waals surface area contributed by atoms with Gasteiger partial charge in [-0.1, -0.05) is 42.5 Å². The summed E-state index contributed by atoms with van der Waals surface area (Å²) in [5.41, 5.74) is 6.04. The Labute approximate surface area is 143 Å². The summed E-state index contributed by atoms with van der Waals surface area (Å²) in [7, 11) is 0. The summed E-state index contributed by atoms with van der Waals surface area (Å²) in [4.78, 5) is 14.1. The molecule has 1 aromatic carbocycles. The maximum atomic E-state index is 12.1. The number of carbonyl (C=O) groups excluding carboxylic acids is 1. The largest absolute Gasteiger partial charge is 0.444 e. The van der Waals surface area contributed by atoms with E-state index >= 15 is 0 Å². The molecule has 0 saturated carbocycles. The number of thiocarbonyl (C=S) groups is 1. The Morgan fingerprint density at radius 3 is 2.39 bits per heavy atom. The van der Waals surface area contributed by atoms with Crippen LogP contribution in [0.25, 0.3) is 0 Å². The highest BCUT2D eigenvalue weighted by atomic mass is 32.1. The molecule has 1 unspecified atom stereocenters. The van der Waals surface area contributed by atoms with Crippen LogP contribution in [0.5, 0.6) is 0 Å². The second-order valence-corrected chi connectivity index (χ2v) is 7.50. The summed E-state index contributed by atoms with van der Waals surface area (Å²) in [6, 6.07) is 10.2. The summed E-state index contributed by atoms with van der Waals surface area (Å²) >= 11 is 5.23. The Hall–Kier alpha value is -1.66. The zero-order valence-corrected chi connectivity index (χ0v) is 14.9. The molecule has 1 fully saturated rings. The third kappa shape index (κ3) is 4.20. The topological polar surface area (TPSA) is 67.6 Å². The maximum absolute atomic E-state index is 12.1. The van der Waals surface area contributed by atoms with Crippen molar-refractivity contribution in [3.8, 4) is 0 Å². The van der Waals surface area contributed by atoms with Gasteiger partial charge in [-0.3, -0.25) is 5.32 Å². The molecule has 126 valence electrons. The highest BCUT2D eigenvalue weighted by molar-refractivity contribution is 7.80. The molecule has 0 radical (unpaired) electrons. The van der Waals surface area contributed by atoms with Crippen molar-refractivity contribution in [1.29, 1.82) is 0 Å². The van der Waals surface area contributed by atoms with E-state index in [1.54, 1.807) is 4.90 Å². The van der Waals surface area contributed by atoms with E-state index in [2.05, 4.69) is 24.4 Å². The maximum Gasteiger partial charge on any atom is 0.410 e. The lowest BCUT2D eigenvalue weighted by molar-refractivity contribution is -0.00414. The Morgan fingerprint density at radius 1 is 1.35 bits per heavy atom. The van der Waals surface area contributed by atoms with Crippen molar-refractivity contribution in [3.63, 3.8) is 0 Å². The highest BCUT2D eigenvalue weighted by Gasteiger charge is 2.49. The number of carbonyl (C=O) groups is 1. The lowest BCUT2D eigenvalue weighted by Crippen LogP contribution is -2.75. The first kappa shape index (κ1) is 17.7. The van der Waals surface area contributed by atoms with Crippen molar-refractivity contribution in [2.45, 2.75) is 44.9 Å². The molecule has 1 atom stereocenters. The SMILES string of the molecule is CC(NC1(C(N)=S)CN(C(=O)OC(C)(C)C)C1)c1ccccc1. The number of hydrogen-bond acceptors (Lipinski definition) is 4. The fourth-order valence-corrected chi connectivity index (χ4v) is 2.81. The summed E-state index contributed by atoms with van der Waals surface area (Å²) in [5.74, 6) is 0. The number of benzene rings is 1. The average molecular weight is 335 g/mol. The van der Waals surface area contributed by atoms with Crippen LogP contribution in [0.2, 0.25) is 0 Å². The first-order chi connectivity index (χ1) is 10.6. The first-order valence-electron chi connectivity index (χ1n) is 7.73. The molecule has 3 N–H and O–H groups in total. The van der Waals surface area contributed by atoms with Crippen LogP contribution >= 0.6 is 12.2 Å². The van der Waals surface area contributed by atoms with Crippen molar-refractivity contribution in [2.24, 2.45) is 5.73 Å². The van der Waals surface area contributed by atoms with Crippen LogP contribution in [-0.2, 0) is 4.74 Å². The fourth-order valence-electron chi connectivity index (χ4n) is 2.62. The van der Waals surface area contributed by atoms with Crippen LogP contribution in [0.1, 0.15) is 39.3 Å². The quantitative estimate of drug-likeness (QED) is 0.828. The van der Waals surface area contributed by atoms with Gasteiger partial charge in [0.05, 0.1) is 18.1 Å². The molecule has 2 rings (SSSR count). The molecule has 1 saturated heterocycles. The van der Waals surface area contributed by atoms with Gasteiger partial charge < -0.3 is 15.4 Å². The van der Waals surface area contributed by atoms with Gasteiger partial charge in [-0.15, -0.1) is 0 Å². The Balaban J connectivity index is 2.01. The minimum Gasteiger partial charge on any atom is -0.444 e. The molecule has 0 aliphatic carbocycles. The van der Waals surface area contributed by atoms with E-state index in [4.69, 9.17) is 22.7 Å². The van der Waals surface area contributed by atoms with E-state index in [1.807, 2.05) is 39.0 Å². The van der Waals surface area contributed by atoms with E-state index in [9.17, 15) is 4.79 Å². The molecule has 1 heterocycles. The smallest absolute Gasteiger partial charge is 0.410 e. The molecule has 0 aromatic heterocycles. The molecule has 1 aliphatic heterocycles. The van der Waals surface area contributed by atoms with Gasteiger partial charge in [0.15, 0.2) is 0 Å². The van der Waals surface area contributed by atoms with Gasteiger partial charge in [0.2, 0.25) is 0 Å². The number of amides is 1. The molecule has 1 aromatic rings. The summed E-state index contributed by atoms with van der Waals surface area (Å²) in [5, 5.41) is 3.48. The fraction of sp³-hybridized carbons (Fsp3) is 0.529. The molecule has 1 aliphatic rings. The Bertz CT molecular complexity index is 577. The zero-order valence-electron chi connectivity index (χ0n) is 14.1. The van der Waals surface area contributed by atoms with Gasteiger partial charge in [0.25, 0.3) is 0 Å². The van der Waals surface area contributed by atoms with Crippen LogP contribution in [0.3, 0.4) is 0 Å². The zero-order chi connectivity index (χ0) is 17.3. The first-order valence-corrected chi connectivity index (χ1v) is 8.14. The van der Waals surface area contributed by atoms with Gasteiger partial charge in [-0.2, -0.15) is 0 Å². The second-order valence-electron chi connectivity index (χ2n) is 7.06. The minimum atomic E-state index is -0.540. The number of rotatable bonds is 4. The van der Waals surface area contributed by atoms with Gasteiger partial charge in [-0.05, 0) is 33.3 Å². The standard InChI is InChI=1S/C17H25N3O2S/c1-12(13-8-6-5-7-9-13)19-17(14(18)23)10-20(11-17)15(21)22-16(2,3)4/h5-9,12,19H,10-11H2,1-4H3,(H2,18,23). The van der Waals surface area contributed by atoms with Gasteiger partial charge in [0, 0.05) is 6.04 Å². The minimum absolute atomic E-state index is 0.0819. The molecule has 0 bridgehead atoms. The molecule has 5 nitrogen and oxygen atoms in total. The third-order valence-corrected chi connectivity index (χ3v) is 4.23. The summed E-state index contributed by atoms with van der Waals surface area (Å²) in [6.07, 6.45) is -0.335. The predicted octanol–water partition coefficient (Wildman–Crippen LogP) is 2.61. The van der Waals surface area contributed by atoms with E-state index in [0.717, 1.165) is 5.56 Å². The Kier molecular flexibility index (Phi) is 4.96. The van der Waals surface area contributed by atoms with Crippen molar-refractivity contribution < 1.29 is 9.53 Å². The van der Waals surface area contributed by atoms with E-state index in [0.29, 0.717) is 18.1 Å². The molecular formula is C17H25N3O2S. The van der Waals surface area contributed by atoms with E-state index in [-0.39, 0.29) is 12.1 Å². The van der Waals surface area contributed by atoms with Crippen molar-refractivity contribution in [1.82, 2.24) is 10.2 Å². The van der Waals surface area contributed by atoms with Crippen molar-refractivity contribution >= 4 is 23.3 Å². The molecule has 0 spiro atoms. The van der Waals surface area contributed by atoms with Crippen LogP contribution in [0.4, 0.5) is 4.79 Å². The van der Waals surface area contributed by atoms with E-state index in [1.165, 1.54) is 0 Å². The van der Waals surface area contributed by atoms with E-state index < -0.39 is 11.1 Å². The van der Waals surface area contributed by atoms with Crippen LogP contribution < -0.4 is 11.1 Å². The van der Waals surface area contributed by atoms with Crippen molar-refractivity contribution in [3.05, 3.63) is 35.9 Å². The lowest BCUT2D eigenvalue weighted by Gasteiger charge is -2.50.